The Balaban J connectivity index is 2.22. The average Bonchev–Trinajstić information content (AvgIpc) is 2.56. The van der Waals surface area contributed by atoms with Crippen molar-refractivity contribution in [3.8, 4) is 5.75 Å². The number of benzene rings is 1. The normalized spacial score (nSPS) is 11.6. The Kier molecular flexibility index (Phi) is 5.94. The van der Waals surface area contributed by atoms with Crippen LogP contribution in [0.15, 0.2) is 42.6 Å². The van der Waals surface area contributed by atoms with Crippen LogP contribution < -0.4 is 15.4 Å². The van der Waals surface area contributed by atoms with Gasteiger partial charge in [0.2, 0.25) is 0 Å². The van der Waals surface area contributed by atoms with E-state index in [4.69, 9.17) is 9.47 Å². The van der Waals surface area contributed by atoms with Crippen molar-refractivity contribution in [3.05, 3.63) is 48.2 Å². The molecule has 1 atom stereocenters. The number of hydrogen-bond donors (Lipinski definition) is 2. The highest BCUT2D eigenvalue weighted by Gasteiger charge is 2.15. The Morgan fingerprint density at radius 3 is 2.74 bits per heavy atom. The number of ether oxygens (including phenoxy) is 2. The van der Waals surface area contributed by atoms with Crippen molar-refractivity contribution < 1.29 is 14.3 Å². The molecule has 0 saturated heterocycles. The highest BCUT2D eigenvalue weighted by molar-refractivity contribution is 5.99. The molecule has 1 unspecified atom stereocenters. The molecular weight excluding hydrogens is 294 g/mol. The molecule has 1 aromatic carbocycles. The van der Waals surface area contributed by atoms with E-state index in [2.05, 4.69) is 15.6 Å². The van der Waals surface area contributed by atoms with E-state index in [1.165, 1.54) is 0 Å². The van der Waals surface area contributed by atoms with E-state index in [9.17, 15) is 4.79 Å². The molecular formula is C17H21N3O3. The lowest BCUT2D eigenvalue weighted by Crippen LogP contribution is -2.36. The zero-order valence-electron chi connectivity index (χ0n) is 13.5. The molecule has 0 bridgehead atoms. The second-order valence-electron chi connectivity index (χ2n) is 5.05. The molecule has 0 saturated carbocycles. The van der Waals surface area contributed by atoms with Gasteiger partial charge in [-0.2, -0.15) is 0 Å². The molecule has 2 rings (SSSR count). The third-order valence-corrected chi connectivity index (χ3v) is 3.21. The summed E-state index contributed by atoms with van der Waals surface area (Å²) in [4.78, 5) is 16.7. The number of rotatable bonds is 7. The van der Waals surface area contributed by atoms with Crippen LogP contribution in [0.4, 0.5) is 11.5 Å². The second-order valence-corrected chi connectivity index (χ2v) is 5.05. The maximum Gasteiger partial charge on any atom is 0.255 e. The fraction of sp³-hybridized carbons (Fsp3) is 0.294. The molecule has 0 aliphatic carbocycles. The van der Waals surface area contributed by atoms with Gasteiger partial charge in [0.05, 0.1) is 25.0 Å². The van der Waals surface area contributed by atoms with Gasteiger partial charge in [-0.15, -0.1) is 0 Å². The summed E-state index contributed by atoms with van der Waals surface area (Å²) in [6.45, 7) is 2.33. The van der Waals surface area contributed by atoms with Crippen molar-refractivity contribution in [1.29, 1.82) is 0 Å². The fourth-order valence-corrected chi connectivity index (χ4v) is 2.16. The minimum atomic E-state index is -0.208. The first-order valence-corrected chi connectivity index (χ1v) is 7.30. The number of nitrogens with zero attached hydrogens (tertiary/aromatic N) is 1. The quantitative estimate of drug-likeness (QED) is 0.821. The van der Waals surface area contributed by atoms with Crippen LogP contribution in [-0.2, 0) is 4.74 Å². The molecule has 1 amide bonds. The van der Waals surface area contributed by atoms with E-state index in [-0.39, 0.29) is 11.9 Å². The largest absolute Gasteiger partial charge is 0.495 e. The fourth-order valence-electron chi connectivity index (χ4n) is 2.16. The summed E-state index contributed by atoms with van der Waals surface area (Å²) >= 11 is 0. The average molecular weight is 315 g/mol. The minimum Gasteiger partial charge on any atom is -0.495 e. The Morgan fingerprint density at radius 2 is 2.00 bits per heavy atom. The molecule has 122 valence electrons. The van der Waals surface area contributed by atoms with Crippen LogP contribution in [0.3, 0.4) is 0 Å². The Bertz CT molecular complexity index is 661. The van der Waals surface area contributed by atoms with Crippen molar-refractivity contribution in [2.75, 3.05) is 26.1 Å². The summed E-state index contributed by atoms with van der Waals surface area (Å²) in [7, 11) is 3.19. The number of carbonyl (C=O) groups is 1. The lowest BCUT2D eigenvalue weighted by molar-refractivity contribution is 0.0906. The summed E-state index contributed by atoms with van der Waals surface area (Å²) < 4.78 is 10.3. The van der Waals surface area contributed by atoms with Gasteiger partial charge in [-0.3, -0.25) is 4.79 Å². The van der Waals surface area contributed by atoms with Crippen LogP contribution >= 0.6 is 0 Å². The van der Waals surface area contributed by atoms with E-state index in [1.54, 1.807) is 32.5 Å². The van der Waals surface area contributed by atoms with E-state index >= 15 is 0 Å². The number of nitrogens with one attached hydrogen (secondary N) is 2. The van der Waals surface area contributed by atoms with Gasteiger partial charge in [-0.05, 0) is 31.2 Å². The summed E-state index contributed by atoms with van der Waals surface area (Å²) in [5, 5.41) is 6.03. The maximum atomic E-state index is 12.4. The van der Waals surface area contributed by atoms with Crippen molar-refractivity contribution in [3.63, 3.8) is 0 Å². The highest BCUT2D eigenvalue weighted by atomic mass is 16.5. The second kappa shape index (κ2) is 8.14. The van der Waals surface area contributed by atoms with E-state index in [0.717, 1.165) is 5.69 Å². The van der Waals surface area contributed by atoms with Crippen LogP contribution in [0.2, 0.25) is 0 Å². The summed E-state index contributed by atoms with van der Waals surface area (Å²) in [5.74, 6) is 0.941. The molecule has 0 aliphatic rings. The SMILES string of the molecule is COCC(C)NC(=O)c1cccnc1Nc1ccccc1OC. The van der Waals surface area contributed by atoms with Gasteiger partial charge in [-0.1, -0.05) is 12.1 Å². The van der Waals surface area contributed by atoms with Gasteiger partial charge in [0, 0.05) is 19.3 Å². The summed E-state index contributed by atoms with van der Waals surface area (Å²) in [6.07, 6.45) is 1.63. The molecule has 2 aromatic rings. The Labute approximate surface area is 135 Å². The van der Waals surface area contributed by atoms with Crippen LogP contribution in [0.5, 0.6) is 5.75 Å². The molecule has 1 aromatic heterocycles. The molecule has 2 N–H and O–H groups in total. The lowest BCUT2D eigenvalue weighted by atomic mass is 10.2. The van der Waals surface area contributed by atoms with Gasteiger partial charge >= 0.3 is 0 Å². The number of para-hydroxylation sites is 2. The highest BCUT2D eigenvalue weighted by Crippen LogP contribution is 2.27. The molecule has 23 heavy (non-hydrogen) atoms. The number of pyridine rings is 1. The molecule has 6 heteroatoms. The number of hydrogen-bond acceptors (Lipinski definition) is 5. The van der Waals surface area contributed by atoms with Crippen LogP contribution in [0, 0.1) is 0 Å². The summed E-state index contributed by atoms with van der Waals surface area (Å²) in [5.41, 5.74) is 1.20. The van der Waals surface area contributed by atoms with Gasteiger partial charge in [-0.25, -0.2) is 4.98 Å². The van der Waals surface area contributed by atoms with E-state index < -0.39 is 0 Å². The number of carbonyl (C=O) groups excluding carboxylic acids is 1. The van der Waals surface area contributed by atoms with Crippen LogP contribution in [0.1, 0.15) is 17.3 Å². The topological polar surface area (TPSA) is 72.5 Å². The van der Waals surface area contributed by atoms with Crippen LogP contribution in [-0.4, -0.2) is 37.8 Å². The smallest absolute Gasteiger partial charge is 0.255 e. The zero-order chi connectivity index (χ0) is 16.7. The number of methoxy groups -OCH3 is 2. The van der Waals surface area contributed by atoms with Gasteiger partial charge < -0.3 is 20.1 Å². The van der Waals surface area contributed by atoms with Crippen molar-refractivity contribution in [2.45, 2.75) is 13.0 Å². The lowest BCUT2D eigenvalue weighted by Gasteiger charge is -2.16. The number of anilines is 2. The molecule has 6 nitrogen and oxygen atoms in total. The number of amides is 1. The predicted molar refractivity (Wildman–Crippen MR) is 89.3 cm³/mol. The predicted octanol–water partition coefficient (Wildman–Crippen LogP) is 2.60. The minimum absolute atomic E-state index is 0.0909. The monoisotopic (exact) mass is 315 g/mol. The first-order chi connectivity index (χ1) is 11.2. The molecule has 1 heterocycles. The third kappa shape index (κ3) is 4.43. The van der Waals surface area contributed by atoms with Crippen molar-refractivity contribution >= 4 is 17.4 Å². The number of aromatic nitrogens is 1. The maximum absolute atomic E-state index is 12.4. The third-order valence-electron chi connectivity index (χ3n) is 3.21. The van der Waals surface area contributed by atoms with Gasteiger partial charge in [0.25, 0.3) is 5.91 Å². The Morgan fingerprint density at radius 1 is 1.22 bits per heavy atom. The van der Waals surface area contributed by atoms with Crippen molar-refractivity contribution in [2.24, 2.45) is 0 Å². The summed E-state index contributed by atoms with van der Waals surface area (Å²) in [6, 6.07) is 10.8. The first kappa shape index (κ1) is 16.8. The van der Waals surface area contributed by atoms with E-state index in [0.29, 0.717) is 23.7 Å². The van der Waals surface area contributed by atoms with Gasteiger partial charge in [0.15, 0.2) is 0 Å². The van der Waals surface area contributed by atoms with E-state index in [1.807, 2.05) is 31.2 Å². The molecule has 0 spiro atoms. The van der Waals surface area contributed by atoms with Crippen LogP contribution in [0.25, 0.3) is 0 Å². The first-order valence-electron chi connectivity index (χ1n) is 7.30. The Hall–Kier alpha value is -2.60. The standard InChI is InChI=1S/C17H21N3O3/c1-12(11-22-2)19-17(21)13-7-6-10-18-16(13)20-14-8-4-5-9-15(14)23-3/h4-10,12H,11H2,1-3H3,(H,18,20)(H,19,21). The van der Waals surface area contributed by atoms with Gasteiger partial charge in [0.1, 0.15) is 11.6 Å². The van der Waals surface area contributed by atoms with Crippen molar-refractivity contribution in [1.82, 2.24) is 10.3 Å². The zero-order valence-corrected chi connectivity index (χ0v) is 13.5. The molecule has 0 fully saturated rings. The molecule has 0 aliphatic heterocycles. The molecule has 0 radical (unpaired) electrons.